The minimum Gasteiger partial charge on any atom is -0.494 e. The molecule has 1 aliphatic carbocycles. The van der Waals surface area contributed by atoms with Gasteiger partial charge in [0.2, 0.25) is 0 Å². The number of piperidine rings is 1. The standard InChI is InChI=1S/C23H30N6O2/c1-2-31-18-10-11-20-16(14-18)15-19(23(30)24-20)21(28-12-6-3-7-13-28)22-25-26-27-29(22)17-8-4-5-9-17/h10-11,14-15,17,21H,2-9,12-13H2,1H3,(H,24,30). The summed E-state index contributed by atoms with van der Waals surface area (Å²) in [6.45, 7) is 4.46. The Morgan fingerprint density at radius 3 is 2.71 bits per heavy atom. The Morgan fingerprint density at radius 2 is 1.94 bits per heavy atom. The maximum atomic E-state index is 13.3. The molecule has 1 unspecified atom stereocenters. The summed E-state index contributed by atoms with van der Waals surface area (Å²) < 4.78 is 7.67. The van der Waals surface area contributed by atoms with Gasteiger partial charge < -0.3 is 9.72 Å². The number of ether oxygens (including phenoxy) is 1. The van der Waals surface area contributed by atoms with Gasteiger partial charge in [0.25, 0.3) is 5.56 Å². The van der Waals surface area contributed by atoms with Gasteiger partial charge >= 0.3 is 0 Å². The predicted molar refractivity (Wildman–Crippen MR) is 118 cm³/mol. The van der Waals surface area contributed by atoms with Crippen LogP contribution in [0.5, 0.6) is 5.75 Å². The Kier molecular flexibility index (Phi) is 5.72. The molecule has 2 aromatic heterocycles. The van der Waals surface area contributed by atoms with Gasteiger partial charge in [-0.05, 0) is 80.4 Å². The van der Waals surface area contributed by atoms with Gasteiger partial charge in [-0.15, -0.1) is 5.10 Å². The second-order valence-corrected chi connectivity index (χ2v) is 8.65. The van der Waals surface area contributed by atoms with Crippen LogP contribution in [0.15, 0.2) is 29.1 Å². The van der Waals surface area contributed by atoms with Gasteiger partial charge in [-0.1, -0.05) is 19.3 Å². The van der Waals surface area contributed by atoms with Crippen LogP contribution in [0.25, 0.3) is 10.9 Å². The smallest absolute Gasteiger partial charge is 0.253 e. The Labute approximate surface area is 181 Å². The normalized spacial score (nSPS) is 19.1. The molecule has 1 saturated carbocycles. The van der Waals surface area contributed by atoms with E-state index in [1.807, 2.05) is 35.9 Å². The van der Waals surface area contributed by atoms with E-state index in [0.29, 0.717) is 18.2 Å². The molecule has 1 aromatic carbocycles. The van der Waals surface area contributed by atoms with E-state index in [1.54, 1.807) is 0 Å². The van der Waals surface area contributed by atoms with Crippen LogP contribution in [0.1, 0.15) is 75.3 Å². The number of likely N-dealkylation sites (tertiary alicyclic amines) is 1. The summed E-state index contributed by atoms with van der Waals surface area (Å²) in [5.74, 6) is 1.60. The highest BCUT2D eigenvalue weighted by atomic mass is 16.5. The summed E-state index contributed by atoms with van der Waals surface area (Å²) in [7, 11) is 0. The SMILES string of the molecule is CCOc1ccc2[nH]c(=O)c(C(c3nnnn3C3CCCC3)N3CCCCC3)cc2c1. The van der Waals surface area contributed by atoms with Gasteiger partial charge in [-0.2, -0.15) is 0 Å². The third-order valence-corrected chi connectivity index (χ3v) is 6.64. The lowest BCUT2D eigenvalue weighted by Crippen LogP contribution is -2.38. The summed E-state index contributed by atoms with van der Waals surface area (Å²) in [5, 5.41) is 13.8. The summed E-state index contributed by atoms with van der Waals surface area (Å²) in [5.41, 5.74) is 1.44. The quantitative estimate of drug-likeness (QED) is 0.653. The van der Waals surface area contributed by atoms with E-state index < -0.39 is 0 Å². The second kappa shape index (κ2) is 8.78. The van der Waals surface area contributed by atoms with E-state index in [2.05, 4.69) is 25.4 Å². The first kappa shape index (κ1) is 20.2. The maximum absolute atomic E-state index is 13.3. The topological polar surface area (TPSA) is 88.9 Å². The zero-order chi connectivity index (χ0) is 21.2. The van der Waals surface area contributed by atoms with Crippen LogP contribution >= 0.6 is 0 Å². The van der Waals surface area contributed by atoms with Gasteiger partial charge in [-0.3, -0.25) is 9.69 Å². The molecule has 8 heteroatoms. The van der Waals surface area contributed by atoms with Crippen LogP contribution < -0.4 is 10.3 Å². The van der Waals surface area contributed by atoms with Crippen molar-refractivity contribution in [3.63, 3.8) is 0 Å². The summed E-state index contributed by atoms with van der Waals surface area (Å²) in [6.07, 6.45) is 8.07. The van der Waals surface area contributed by atoms with Crippen LogP contribution in [0.2, 0.25) is 0 Å². The molecule has 8 nitrogen and oxygen atoms in total. The highest BCUT2D eigenvalue weighted by Crippen LogP contribution is 2.35. The van der Waals surface area contributed by atoms with Crippen molar-refractivity contribution in [2.75, 3.05) is 19.7 Å². The maximum Gasteiger partial charge on any atom is 0.253 e. The number of nitrogens with one attached hydrogen (secondary N) is 1. The minimum atomic E-state index is -0.250. The van der Waals surface area contributed by atoms with Crippen molar-refractivity contribution in [1.82, 2.24) is 30.1 Å². The third-order valence-electron chi connectivity index (χ3n) is 6.64. The molecule has 0 amide bonds. The van der Waals surface area contributed by atoms with Crippen molar-refractivity contribution < 1.29 is 4.74 Å². The second-order valence-electron chi connectivity index (χ2n) is 8.65. The highest BCUT2D eigenvalue weighted by Gasteiger charge is 2.33. The third kappa shape index (κ3) is 3.96. The molecule has 2 aliphatic rings. The number of benzene rings is 1. The molecule has 164 valence electrons. The number of aromatic nitrogens is 5. The number of pyridine rings is 1. The molecule has 2 fully saturated rings. The predicted octanol–water partition coefficient (Wildman–Crippen LogP) is 3.60. The average molecular weight is 423 g/mol. The molecule has 0 spiro atoms. The molecule has 0 bridgehead atoms. The Balaban J connectivity index is 1.63. The first-order valence-electron chi connectivity index (χ1n) is 11.6. The van der Waals surface area contributed by atoms with Crippen molar-refractivity contribution in [2.24, 2.45) is 0 Å². The number of aromatic amines is 1. The largest absolute Gasteiger partial charge is 0.494 e. The van der Waals surface area contributed by atoms with E-state index in [9.17, 15) is 4.79 Å². The number of hydrogen-bond donors (Lipinski definition) is 1. The van der Waals surface area contributed by atoms with Gasteiger partial charge in [0.1, 0.15) is 11.8 Å². The fourth-order valence-electron chi connectivity index (χ4n) is 5.13. The number of rotatable bonds is 6. The Hall–Kier alpha value is -2.74. The monoisotopic (exact) mass is 422 g/mol. The van der Waals surface area contributed by atoms with Crippen LogP contribution in [0.3, 0.4) is 0 Å². The first-order chi connectivity index (χ1) is 15.2. The number of tetrazole rings is 1. The molecule has 1 aliphatic heterocycles. The molecular formula is C23H30N6O2. The van der Waals surface area contributed by atoms with Crippen molar-refractivity contribution in [2.45, 2.75) is 64.0 Å². The molecule has 1 atom stereocenters. The molecule has 3 heterocycles. The lowest BCUT2D eigenvalue weighted by Gasteiger charge is -2.34. The molecule has 0 radical (unpaired) electrons. The molecule has 1 saturated heterocycles. The minimum absolute atomic E-state index is 0.0757. The molecule has 5 rings (SSSR count). The lowest BCUT2D eigenvalue weighted by atomic mass is 10.00. The fraction of sp³-hybridized carbons (Fsp3) is 0.565. The van der Waals surface area contributed by atoms with Crippen molar-refractivity contribution in [1.29, 1.82) is 0 Å². The van der Waals surface area contributed by atoms with E-state index in [-0.39, 0.29) is 11.6 Å². The Morgan fingerprint density at radius 1 is 1.13 bits per heavy atom. The zero-order valence-electron chi connectivity index (χ0n) is 18.1. The lowest BCUT2D eigenvalue weighted by molar-refractivity contribution is 0.174. The average Bonchev–Trinajstić information content (AvgIpc) is 3.48. The summed E-state index contributed by atoms with van der Waals surface area (Å²) in [6, 6.07) is 7.87. The molecule has 31 heavy (non-hydrogen) atoms. The van der Waals surface area contributed by atoms with Gasteiger partial charge in [-0.25, -0.2) is 4.68 Å². The van der Waals surface area contributed by atoms with Crippen molar-refractivity contribution >= 4 is 10.9 Å². The van der Waals surface area contributed by atoms with Crippen molar-refractivity contribution in [3.05, 3.63) is 46.0 Å². The first-order valence-corrected chi connectivity index (χ1v) is 11.6. The molecule has 3 aromatic rings. The van der Waals surface area contributed by atoms with Crippen LogP contribution in [0.4, 0.5) is 0 Å². The number of hydrogen-bond acceptors (Lipinski definition) is 6. The number of H-pyrrole nitrogens is 1. The van der Waals surface area contributed by atoms with E-state index in [1.165, 1.54) is 19.3 Å². The van der Waals surface area contributed by atoms with Gasteiger partial charge in [0.05, 0.1) is 12.6 Å². The van der Waals surface area contributed by atoms with E-state index >= 15 is 0 Å². The van der Waals surface area contributed by atoms with Gasteiger partial charge in [0.15, 0.2) is 5.82 Å². The van der Waals surface area contributed by atoms with E-state index in [0.717, 1.165) is 61.2 Å². The van der Waals surface area contributed by atoms with Gasteiger partial charge in [0, 0.05) is 16.5 Å². The highest BCUT2D eigenvalue weighted by molar-refractivity contribution is 5.80. The summed E-state index contributed by atoms with van der Waals surface area (Å²) in [4.78, 5) is 18.7. The van der Waals surface area contributed by atoms with Crippen LogP contribution in [-0.2, 0) is 0 Å². The zero-order valence-corrected chi connectivity index (χ0v) is 18.1. The van der Waals surface area contributed by atoms with Crippen LogP contribution in [-0.4, -0.2) is 49.8 Å². The Bertz CT molecular complexity index is 1090. The molecular weight excluding hydrogens is 392 g/mol. The number of nitrogens with zero attached hydrogens (tertiary/aromatic N) is 5. The number of fused-ring (bicyclic) bond motifs is 1. The van der Waals surface area contributed by atoms with E-state index in [4.69, 9.17) is 4.74 Å². The molecule has 1 N–H and O–H groups in total. The van der Waals surface area contributed by atoms with Crippen LogP contribution in [0, 0.1) is 0 Å². The fourth-order valence-corrected chi connectivity index (χ4v) is 5.13. The van der Waals surface area contributed by atoms with Crippen molar-refractivity contribution in [3.8, 4) is 5.75 Å². The summed E-state index contributed by atoms with van der Waals surface area (Å²) >= 11 is 0.